The Kier molecular flexibility index (Phi) is 7.10. The number of esters is 2. The van der Waals surface area contributed by atoms with Crippen LogP contribution in [0.3, 0.4) is 0 Å². The molecule has 34 heavy (non-hydrogen) atoms. The van der Waals surface area contributed by atoms with Gasteiger partial charge in [0.05, 0.1) is 20.3 Å². The van der Waals surface area contributed by atoms with E-state index in [0.29, 0.717) is 6.54 Å². The van der Waals surface area contributed by atoms with Gasteiger partial charge < -0.3 is 9.47 Å². The zero-order valence-corrected chi connectivity index (χ0v) is 19.6. The van der Waals surface area contributed by atoms with Gasteiger partial charge in [0.25, 0.3) is 0 Å². The lowest BCUT2D eigenvalue weighted by atomic mass is 9.64. The smallest absolute Gasteiger partial charge is 0.325 e. The van der Waals surface area contributed by atoms with E-state index in [2.05, 4.69) is 0 Å². The van der Waals surface area contributed by atoms with Crippen molar-refractivity contribution in [3.8, 4) is 0 Å². The molecule has 3 aromatic carbocycles. The summed E-state index contributed by atoms with van der Waals surface area (Å²) in [6.45, 7) is 2.20. The predicted octanol–water partition coefficient (Wildman–Crippen LogP) is 4.88. The van der Waals surface area contributed by atoms with E-state index >= 15 is 0 Å². The standard InChI is InChI=1S/C28H29NO5/c1-20-24(22-15-9-5-10-16-22)34-29(19-21-13-7-4-8-14-21)25(23-17-11-6-12-18-23)28(20,26(30)32-2)27(31)33-3/h4-18,20,24-25H,19H2,1-3H3/t20-,24-,25+/m1/s1. The number of methoxy groups -OCH3 is 2. The SMILES string of the molecule is COC(=O)C1(C(=O)OC)[C@H](C)[C@H](c2ccccc2)ON(Cc2ccccc2)[C@H]1c1ccccc1. The number of benzene rings is 3. The van der Waals surface area contributed by atoms with Gasteiger partial charge in [0.1, 0.15) is 6.10 Å². The molecule has 3 aromatic rings. The summed E-state index contributed by atoms with van der Waals surface area (Å²) in [5.41, 5.74) is 0.927. The molecule has 6 heteroatoms. The molecule has 0 spiro atoms. The van der Waals surface area contributed by atoms with Crippen LogP contribution in [0.2, 0.25) is 0 Å². The van der Waals surface area contributed by atoms with Crippen LogP contribution in [-0.2, 0) is 30.4 Å². The van der Waals surface area contributed by atoms with Crippen LogP contribution < -0.4 is 0 Å². The van der Waals surface area contributed by atoms with Crippen LogP contribution in [0.15, 0.2) is 91.0 Å². The number of hydroxylamine groups is 2. The van der Waals surface area contributed by atoms with Gasteiger partial charge in [-0.1, -0.05) is 97.9 Å². The molecular weight excluding hydrogens is 430 g/mol. The molecule has 1 aliphatic heterocycles. The van der Waals surface area contributed by atoms with Crippen LogP contribution in [0.1, 0.15) is 35.8 Å². The summed E-state index contributed by atoms with van der Waals surface area (Å²) >= 11 is 0. The van der Waals surface area contributed by atoms with Crippen molar-refractivity contribution in [2.75, 3.05) is 14.2 Å². The molecule has 0 aliphatic carbocycles. The van der Waals surface area contributed by atoms with Crippen molar-refractivity contribution in [3.05, 3.63) is 108 Å². The highest BCUT2D eigenvalue weighted by Crippen LogP contribution is 2.56. The third-order valence-corrected chi connectivity index (χ3v) is 6.61. The number of hydrogen-bond acceptors (Lipinski definition) is 6. The molecule has 0 unspecified atom stereocenters. The second-order valence-electron chi connectivity index (χ2n) is 8.45. The average molecular weight is 460 g/mol. The van der Waals surface area contributed by atoms with Gasteiger partial charge in [-0.05, 0) is 16.7 Å². The Hall–Kier alpha value is -3.48. The third kappa shape index (κ3) is 4.11. The molecule has 0 bridgehead atoms. The molecular formula is C28H29NO5. The van der Waals surface area contributed by atoms with Crippen molar-refractivity contribution in [1.29, 1.82) is 0 Å². The molecule has 0 aromatic heterocycles. The quantitative estimate of drug-likeness (QED) is 0.387. The van der Waals surface area contributed by atoms with E-state index in [4.69, 9.17) is 14.3 Å². The molecule has 1 fully saturated rings. The van der Waals surface area contributed by atoms with E-state index in [9.17, 15) is 9.59 Å². The van der Waals surface area contributed by atoms with Crippen molar-refractivity contribution in [3.63, 3.8) is 0 Å². The second-order valence-corrected chi connectivity index (χ2v) is 8.45. The maximum atomic E-state index is 13.7. The monoisotopic (exact) mass is 459 g/mol. The molecule has 3 atom stereocenters. The summed E-state index contributed by atoms with van der Waals surface area (Å²) in [6.07, 6.45) is -0.580. The number of carbonyl (C=O) groups excluding carboxylic acids is 2. The molecule has 0 radical (unpaired) electrons. The van der Waals surface area contributed by atoms with Gasteiger partial charge >= 0.3 is 11.9 Å². The van der Waals surface area contributed by atoms with Gasteiger partial charge in [0.2, 0.25) is 0 Å². The molecule has 4 rings (SSSR count). The van der Waals surface area contributed by atoms with Gasteiger partial charge in [0, 0.05) is 12.5 Å². The highest BCUT2D eigenvalue weighted by Gasteiger charge is 2.66. The normalized spacial score (nSPS) is 22.0. The highest BCUT2D eigenvalue weighted by atomic mass is 16.7. The van der Waals surface area contributed by atoms with Gasteiger partial charge in [-0.2, -0.15) is 5.06 Å². The topological polar surface area (TPSA) is 65.1 Å². The van der Waals surface area contributed by atoms with Crippen LogP contribution in [0.5, 0.6) is 0 Å². The van der Waals surface area contributed by atoms with Crippen molar-refractivity contribution in [2.45, 2.75) is 25.6 Å². The molecule has 1 aliphatic rings. The van der Waals surface area contributed by atoms with Crippen LogP contribution in [-0.4, -0.2) is 31.2 Å². The van der Waals surface area contributed by atoms with E-state index in [0.717, 1.165) is 16.7 Å². The minimum atomic E-state index is -1.67. The van der Waals surface area contributed by atoms with E-state index in [1.54, 1.807) is 5.06 Å². The van der Waals surface area contributed by atoms with Gasteiger partial charge in [-0.15, -0.1) is 0 Å². The third-order valence-electron chi connectivity index (χ3n) is 6.61. The summed E-state index contributed by atoms with van der Waals surface area (Å²) in [6, 6.07) is 28.1. The summed E-state index contributed by atoms with van der Waals surface area (Å²) in [4.78, 5) is 33.9. The van der Waals surface area contributed by atoms with E-state index in [1.165, 1.54) is 14.2 Å². The Morgan fingerprint density at radius 1 is 0.794 bits per heavy atom. The van der Waals surface area contributed by atoms with Crippen LogP contribution >= 0.6 is 0 Å². The maximum Gasteiger partial charge on any atom is 0.325 e. The largest absolute Gasteiger partial charge is 0.468 e. The Labute approximate surface area is 200 Å². The first-order valence-electron chi connectivity index (χ1n) is 11.3. The average Bonchev–Trinajstić information content (AvgIpc) is 2.90. The minimum absolute atomic E-state index is 0.353. The molecule has 176 valence electrons. The summed E-state index contributed by atoms with van der Waals surface area (Å²) in [5, 5.41) is 1.73. The molecule has 0 N–H and O–H groups in total. The lowest BCUT2D eigenvalue weighted by Crippen LogP contribution is -2.60. The number of nitrogens with zero attached hydrogens (tertiary/aromatic N) is 1. The van der Waals surface area contributed by atoms with Crippen molar-refractivity contribution in [2.24, 2.45) is 11.3 Å². The molecule has 1 saturated heterocycles. The van der Waals surface area contributed by atoms with Gasteiger partial charge in [-0.25, -0.2) is 0 Å². The summed E-state index contributed by atoms with van der Waals surface area (Å²) in [5.74, 6) is -1.89. The molecule has 0 saturated carbocycles. The van der Waals surface area contributed by atoms with E-state index in [-0.39, 0.29) is 0 Å². The fourth-order valence-electron chi connectivity index (χ4n) is 4.98. The maximum absolute atomic E-state index is 13.7. The lowest BCUT2D eigenvalue weighted by Gasteiger charge is -2.52. The first-order valence-corrected chi connectivity index (χ1v) is 11.3. The fourth-order valence-corrected chi connectivity index (χ4v) is 4.98. The second kappa shape index (κ2) is 10.2. The minimum Gasteiger partial charge on any atom is -0.468 e. The van der Waals surface area contributed by atoms with Crippen molar-refractivity contribution >= 4 is 11.9 Å². The molecule has 1 heterocycles. The van der Waals surface area contributed by atoms with Crippen LogP contribution in [0.25, 0.3) is 0 Å². The first-order chi connectivity index (χ1) is 16.5. The van der Waals surface area contributed by atoms with Gasteiger partial charge in [-0.3, -0.25) is 14.4 Å². The molecule has 0 amide bonds. The van der Waals surface area contributed by atoms with Gasteiger partial charge in [0.15, 0.2) is 5.41 Å². The molecule has 6 nitrogen and oxygen atoms in total. The zero-order chi connectivity index (χ0) is 24.1. The lowest BCUT2D eigenvalue weighted by molar-refractivity contribution is -0.313. The summed E-state index contributed by atoms with van der Waals surface area (Å²) in [7, 11) is 2.60. The Bertz CT molecular complexity index is 1090. The predicted molar refractivity (Wildman–Crippen MR) is 127 cm³/mol. The van der Waals surface area contributed by atoms with E-state index < -0.39 is 35.4 Å². The zero-order valence-electron chi connectivity index (χ0n) is 19.6. The Morgan fingerprint density at radius 3 is 1.76 bits per heavy atom. The van der Waals surface area contributed by atoms with Crippen LogP contribution in [0, 0.1) is 11.3 Å². The number of ether oxygens (including phenoxy) is 2. The first kappa shape index (κ1) is 23.7. The van der Waals surface area contributed by atoms with Crippen molar-refractivity contribution < 1.29 is 23.9 Å². The van der Waals surface area contributed by atoms with Crippen LogP contribution in [0.4, 0.5) is 0 Å². The fraction of sp³-hybridized carbons (Fsp3) is 0.286. The van der Waals surface area contributed by atoms with E-state index in [1.807, 2.05) is 97.9 Å². The number of rotatable bonds is 6. The highest BCUT2D eigenvalue weighted by molar-refractivity contribution is 6.01. The van der Waals surface area contributed by atoms with Crippen molar-refractivity contribution in [1.82, 2.24) is 5.06 Å². The number of hydrogen-bond donors (Lipinski definition) is 0. The number of carbonyl (C=O) groups is 2. The summed E-state index contributed by atoms with van der Waals surface area (Å²) < 4.78 is 10.6. The Morgan fingerprint density at radius 2 is 1.26 bits per heavy atom. The Balaban J connectivity index is 1.95.